The van der Waals surface area contributed by atoms with Gasteiger partial charge in [0.05, 0.1) is 0 Å². The largest absolute Gasteiger partial charge is 0.405 e. The number of benzene rings is 1. The van der Waals surface area contributed by atoms with Crippen LogP contribution in [-0.2, 0) is 6.54 Å². The molecule has 1 aromatic carbocycles. The molecule has 2 aromatic rings. The number of rotatable bonds is 7. The Morgan fingerprint density at radius 1 is 1.19 bits per heavy atom. The van der Waals surface area contributed by atoms with Gasteiger partial charge in [0, 0.05) is 37.9 Å². The van der Waals surface area contributed by atoms with Gasteiger partial charge in [0.25, 0.3) is 0 Å². The normalized spacial score (nSPS) is 22.8. The summed E-state index contributed by atoms with van der Waals surface area (Å²) in [5, 5.41) is 31.4. The fourth-order valence-corrected chi connectivity index (χ4v) is 4.63. The van der Waals surface area contributed by atoms with Crippen LogP contribution >= 0.6 is 0 Å². The maximum absolute atomic E-state index is 10.7. The fraction of sp³-hybridized carbons (Fsp3) is 0.652. The van der Waals surface area contributed by atoms with Crippen molar-refractivity contribution in [2.24, 2.45) is 5.92 Å². The average molecular weight is 430 g/mol. The van der Waals surface area contributed by atoms with Gasteiger partial charge in [-0.2, -0.15) is 0 Å². The van der Waals surface area contributed by atoms with Crippen LogP contribution in [0.2, 0.25) is 0 Å². The number of aryl methyl sites for hydroxylation is 1. The summed E-state index contributed by atoms with van der Waals surface area (Å²) in [6.45, 7) is 11.7. The number of hydrogen-bond donors (Lipinski definition) is 3. The summed E-state index contributed by atoms with van der Waals surface area (Å²) in [4.78, 5) is 4.75. The Balaban J connectivity index is 1.42. The molecule has 170 valence electrons. The second kappa shape index (κ2) is 9.24. The molecule has 1 aromatic heterocycles. The minimum atomic E-state index is -0.791. The molecule has 2 fully saturated rings. The standard InChI is InChI=1S/C23H35N5O3/c1-14-10-19(16(3)20(11-14)24-23-26-25-21(31-23)17(4)29)13-27-8-9-28(15(2)12-27)22(30)18-6-5-7-18/h10-11,15,17-18,22,29-30H,5-9,12-13H2,1-4H3,(H,24,26)/t15-,17-,22?/m0/s1. The predicted molar refractivity (Wildman–Crippen MR) is 119 cm³/mol. The number of anilines is 2. The van der Waals surface area contributed by atoms with Crippen LogP contribution < -0.4 is 5.32 Å². The summed E-state index contributed by atoms with van der Waals surface area (Å²) in [6, 6.07) is 4.92. The quantitative estimate of drug-likeness (QED) is 0.618. The first-order valence-electron chi connectivity index (χ1n) is 11.4. The third-order valence-electron chi connectivity index (χ3n) is 6.77. The van der Waals surface area contributed by atoms with Gasteiger partial charge < -0.3 is 19.9 Å². The van der Waals surface area contributed by atoms with E-state index in [4.69, 9.17) is 4.42 Å². The number of aromatic nitrogens is 2. The summed E-state index contributed by atoms with van der Waals surface area (Å²) >= 11 is 0. The third kappa shape index (κ3) is 4.92. The lowest BCUT2D eigenvalue weighted by Crippen LogP contribution is -2.57. The van der Waals surface area contributed by atoms with Crippen molar-refractivity contribution in [2.75, 3.05) is 25.0 Å². The van der Waals surface area contributed by atoms with Gasteiger partial charge in [-0.15, -0.1) is 5.10 Å². The van der Waals surface area contributed by atoms with Gasteiger partial charge in [-0.05, 0) is 69.2 Å². The number of piperazine rings is 1. The zero-order valence-electron chi connectivity index (χ0n) is 19.0. The predicted octanol–water partition coefficient (Wildman–Crippen LogP) is 3.11. The highest BCUT2D eigenvalue weighted by molar-refractivity contribution is 5.61. The van der Waals surface area contributed by atoms with Crippen LogP contribution in [0.3, 0.4) is 0 Å². The van der Waals surface area contributed by atoms with E-state index in [0.717, 1.165) is 55.8 Å². The number of aliphatic hydroxyl groups is 2. The van der Waals surface area contributed by atoms with Crippen LogP contribution in [0.25, 0.3) is 0 Å². The van der Waals surface area contributed by atoms with Gasteiger partial charge in [0.15, 0.2) is 0 Å². The van der Waals surface area contributed by atoms with Gasteiger partial charge in [0.2, 0.25) is 5.89 Å². The first-order chi connectivity index (χ1) is 14.8. The van der Waals surface area contributed by atoms with Crippen molar-refractivity contribution in [3.05, 3.63) is 34.7 Å². The minimum absolute atomic E-state index is 0.198. The molecule has 2 aliphatic rings. The second-order valence-corrected chi connectivity index (χ2v) is 9.27. The van der Waals surface area contributed by atoms with Crippen molar-refractivity contribution in [2.45, 2.75) is 71.9 Å². The Labute approximate surface area is 184 Å². The number of nitrogens with zero attached hydrogens (tertiary/aromatic N) is 4. The molecule has 2 heterocycles. The second-order valence-electron chi connectivity index (χ2n) is 9.27. The Morgan fingerprint density at radius 2 is 1.97 bits per heavy atom. The SMILES string of the molecule is Cc1cc(CN2CCN(C(O)C3CCC3)[C@@H](C)C2)c(C)c(Nc2nnc([C@H](C)O)o2)c1. The molecule has 3 N–H and O–H groups in total. The van der Waals surface area contributed by atoms with Gasteiger partial charge in [-0.3, -0.25) is 9.80 Å². The summed E-state index contributed by atoms with van der Waals surface area (Å²) in [5.41, 5.74) is 4.50. The van der Waals surface area contributed by atoms with Gasteiger partial charge in [0.1, 0.15) is 12.3 Å². The number of aliphatic hydroxyl groups excluding tert-OH is 2. The molecule has 3 atom stereocenters. The zero-order valence-corrected chi connectivity index (χ0v) is 19.0. The maximum Gasteiger partial charge on any atom is 0.320 e. The Morgan fingerprint density at radius 3 is 2.58 bits per heavy atom. The smallest absolute Gasteiger partial charge is 0.320 e. The van der Waals surface area contributed by atoms with Crippen LogP contribution in [0.15, 0.2) is 16.5 Å². The Hall–Kier alpha value is -2.00. The molecule has 1 aliphatic carbocycles. The molecule has 1 unspecified atom stereocenters. The molecule has 0 radical (unpaired) electrons. The van der Waals surface area contributed by atoms with Crippen LogP contribution in [0.5, 0.6) is 0 Å². The van der Waals surface area contributed by atoms with E-state index in [1.54, 1.807) is 6.92 Å². The summed E-state index contributed by atoms with van der Waals surface area (Å²) in [5.74, 6) is 0.657. The maximum atomic E-state index is 10.7. The zero-order chi connectivity index (χ0) is 22.1. The third-order valence-corrected chi connectivity index (χ3v) is 6.77. The van der Waals surface area contributed by atoms with Crippen molar-refractivity contribution >= 4 is 11.7 Å². The van der Waals surface area contributed by atoms with Crippen LogP contribution in [0.4, 0.5) is 11.7 Å². The van der Waals surface area contributed by atoms with E-state index in [9.17, 15) is 10.2 Å². The van der Waals surface area contributed by atoms with Crippen molar-refractivity contribution < 1.29 is 14.6 Å². The number of nitrogens with one attached hydrogen (secondary N) is 1. The molecule has 0 spiro atoms. The molecule has 4 rings (SSSR count). The van der Waals surface area contributed by atoms with Crippen LogP contribution in [-0.4, -0.2) is 62.1 Å². The van der Waals surface area contributed by atoms with Crippen LogP contribution in [0, 0.1) is 19.8 Å². The summed E-state index contributed by atoms with van der Waals surface area (Å²) < 4.78 is 5.49. The molecule has 8 nitrogen and oxygen atoms in total. The van der Waals surface area contributed by atoms with E-state index in [-0.39, 0.29) is 18.1 Å². The molecular formula is C23H35N5O3. The van der Waals surface area contributed by atoms with Gasteiger partial charge in [-0.25, -0.2) is 0 Å². The lowest BCUT2D eigenvalue weighted by Gasteiger charge is -2.46. The molecule has 1 saturated heterocycles. The molecular weight excluding hydrogens is 394 g/mol. The van der Waals surface area contributed by atoms with Crippen molar-refractivity contribution in [3.8, 4) is 0 Å². The topological polar surface area (TPSA) is 97.9 Å². The molecule has 1 aliphatic heterocycles. The summed E-state index contributed by atoms with van der Waals surface area (Å²) in [6.07, 6.45) is 2.49. The fourth-order valence-electron chi connectivity index (χ4n) is 4.63. The van der Waals surface area contributed by atoms with Crippen molar-refractivity contribution in [1.29, 1.82) is 0 Å². The molecule has 0 bridgehead atoms. The van der Waals surface area contributed by atoms with E-state index in [2.05, 4.69) is 58.2 Å². The molecule has 8 heteroatoms. The summed E-state index contributed by atoms with van der Waals surface area (Å²) in [7, 11) is 0. The monoisotopic (exact) mass is 429 g/mol. The van der Waals surface area contributed by atoms with E-state index in [1.165, 1.54) is 12.0 Å². The average Bonchev–Trinajstić information content (AvgIpc) is 3.13. The Bertz CT molecular complexity index is 895. The lowest BCUT2D eigenvalue weighted by atomic mass is 9.83. The van der Waals surface area contributed by atoms with E-state index in [1.807, 2.05) is 0 Å². The lowest BCUT2D eigenvalue weighted by molar-refractivity contribution is -0.103. The first kappa shape index (κ1) is 22.2. The Kier molecular flexibility index (Phi) is 6.62. The van der Waals surface area contributed by atoms with E-state index < -0.39 is 6.10 Å². The van der Waals surface area contributed by atoms with Gasteiger partial charge in [-0.1, -0.05) is 17.6 Å². The van der Waals surface area contributed by atoms with Crippen molar-refractivity contribution in [1.82, 2.24) is 20.0 Å². The van der Waals surface area contributed by atoms with E-state index in [0.29, 0.717) is 12.0 Å². The molecule has 31 heavy (non-hydrogen) atoms. The van der Waals surface area contributed by atoms with Gasteiger partial charge >= 0.3 is 6.01 Å². The highest BCUT2D eigenvalue weighted by Crippen LogP contribution is 2.33. The van der Waals surface area contributed by atoms with Crippen molar-refractivity contribution in [3.63, 3.8) is 0 Å². The highest BCUT2D eigenvalue weighted by Gasteiger charge is 2.35. The van der Waals surface area contributed by atoms with E-state index >= 15 is 0 Å². The number of hydrogen-bond acceptors (Lipinski definition) is 8. The highest BCUT2D eigenvalue weighted by atomic mass is 16.4. The minimum Gasteiger partial charge on any atom is -0.405 e. The molecule has 0 amide bonds. The molecule has 1 saturated carbocycles. The first-order valence-corrected chi connectivity index (χ1v) is 11.4. The van der Waals surface area contributed by atoms with Crippen LogP contribution in [0.1, 0.15) is 61.8 Å².